The molecule has 4 rings (SSSR count). The standard InChI is InChI=1S/C19H15N3O3.C2HF3O2/c20-18(21)12-5-4-11-2-1-3-15(14(11)8-12)22-19(23)13-6-7-16-17(9-13)25-10-24-16;3-2(4,5)1(6)7/h1-9H,10H2,(H3,20,21)(H,22,23);(H,6,7). The molecule has 1 aliphatic heterocycles. The third kappa shape index (κ3) is 5.06. The minimum absolute atomic E-state index is 0.0150. The summed E-state index contributed by atoms with van der Waals surface area (Å²) in [4.78, 5) is 21.5. The van der Waals surface area contributed by atoms with Crippen LogP contribution in [0.5, 0.6) is 11.5 Å². The summed E-state index contributed by atoms with van der Waals surface area (Å²) in [5.74, 6) is -1.83. The van der Waals surface area contributed by atoms with Crippen molar-refractivity contribution in [3.05, 3.63) is 65.7 Å². The summed E-state index contributed by atoms with van der Waals surface area (Å²) in [7, 11) is 0. The molecule has 0 aliphatic carbocycles. The lowest BCUT2D eigenvalue weighted by Gasteiger charge is -2.10. The number of nitrogens with one attached hydrogen (secondary N) is 2. The summed E-state index contributed by atoms with van der Waals surface area (Å²) in [5.41, 5.74) is 7.31. The molecule has 8 nitrogen and oxygen atoms in total. The van der Waals surface area contributed by atoms with E-state index in [0.717, 1.165) is 10.8 Å². The first-order valence-electron chi connectivity index (χ1n) is 8.94. The zero-order valence-corrected chi connectivity index (χ0v) is 16.2. The van der Waals surface area contributed by atoms with Crippen LogP contribution in [0.1, 0.15) is 15.9 Å². The number of amides is 1. The quantitative estimate of drug-likeness (QED) is 0.357. The molecule has 5 N–H and O–H groups in total. The highest BCUT2D eigenvalue weighted by Crippen LogP contribution is 2.33. The molecule has 1 amide bonds. The van der Waals surface area contributed by atoms with Gasteiger partial charge in [0.2, 0.25) is 6.79 Å². The van der Waals surface area contributed by atoms with Crippen LogP contribution >= 0.6 is 0 Å². The van der Waals surface area contributed by atoms with E-state index in [2.05, 4.69) is 5.32 Å². The average molecular weight is 447 g/mol. The number of nitrogens with two attached hydrogens (primary N) is 1. The summed E-state index contributed by atoms with van der Waals surface area (Å²) in [6.45, 7) is 0.164. The molecule has 0 fully saturated rings. The van der Waals surface area contributed by atoms with Crippen LogP contribution in [0, 0.1) is 5.41 Å². The van der Waals surface area contributed by atoms with E-state index in [1.165, 1.54) is 0 Å². The second kappa shape index (κ2) is 8.84. The Morgan fingerprint density at radius 2 is 1.66 bits per heavy atom. The van der Waals surface area contributed by atoms with Crippen molar-refractivity contribution in [2.75, 3.05) is 12.1 Å². The van der Waals surface area contributed by atoms with Crippen molar-refractivity contribution in [1.82, 2.24) is 0 Å². The van der Waals surface area contributed by atoms with Crippen LogP contribution in [0.4, 0.5) is 18.9 Å². The zero-order valence-electron chi connectivity index (χ0n) is 16.2. The molecule has 0 unspecified atom stereocenters. The first-order valence-corrected chi connectivity index (χ1v) is 8.94. The van der Waals surface area contributed by atoms with E-state index in [0.29, 0.717) is 28.3 Å². The Morgan fingerprint density at radius 3 is 2.31 bits per heavy atom. The minimum Gasteiger partial charge on any atom is -0.475 e. The molecule has 3 aromatic rings. The van der Waals surface area contributed by atoms with Gasteiger partial charge < -0.3 is 25.6 Å². The Labute approximate surface area is 178 Å². The minimum atomic E-state index is -5.08. The van der Waals surface area contributed by atoms with Crippen LogP contribution in [0.2, 0.25) is 0 Å². The van der Waals surface area contributed by atoms with Gasteiger partial charge in [-0.05, 0) is 35.7 Å². The molecule has 0 saturated heterocycles. The SMILES string of the molecule is N=C(N)c1ccc2cccc(NC(=O)c3ccc4c(c3)OCO4)c2c1.O=C(O)C(F)(F)F. The number of alkyl halides is 3. The first kappa shape index (κ1) is 22.4. The van der Waals surface area contributed by atoms with Gasteiger partial charge in [-0.15, -0.1) is 0 Å². The highest BCUT2D eigenvalue weighted by atomic mass is 19.4. The number of benzene rings is 3. The summed E-state index contributed by atoms with van der Waals surface area (Å²) in [6.07, 6.45) is -5.08. The van der Waals surface area contributed by atoms with E-state index >= 15 is 0 Å². The van der Waals surface area contributed by atoms with Crippen molar-refractivity contribution >= 4 is 34.2 Å². The van der Waals surface area contributed by atoms with E-state index in [9.17, 15) is 18.0 Å². The lowest BCUT2D eigenvalue weighted by Crippen LogP contribution is -2.21. The number of carboxylic acids is 1. The van der Waals surface area contributed by atoms with Crippen LogP contribution in [-0.4, -0.2) is 35.8 Å². The van der Waals surface area contributed by atoms with E-state index in [4.69, 9.17) is 30.5 Å². The lowest BCUT2D eigenvalue weighted by molar-refractivity contribution is -0.192. The van der Waals surface area contributed by atoms with Gasteiger partial charge in [-0.2, -0.15) is 13.2 Å². The highest BCUT2D eigenvalue weighted by molar-refractivity contribution is 6.10. The molecule has 0 spiro atoms. The summed E-state index contributed by atoms with van der Waals surface area (Å²) >= 11 is 0. The number of fused-ring (bicyclic) bond motifs is 2. The van der Waals surface area contributed by atoms with E-state index in [1.54, 1.807) is 30.3 Å². The second-order valence-corrected chi connectivity index (χ2v) is 6.48. The number of carbonyl (C=O) groups is 2. The molecule has 32 heavy (non-hydrogen) atoms. The van der Waals surface area contributed by atoms with Crippen LogP contribution < -0.4 is 20.5 Å². The molecule has 0 saturated carbocycles. The van der Waals surface area contributed by atoms with Crippen molar-refractivity contribution in [2.24, 2.45) is 5.73 Å². The van der Waals surface area contributed by atoms with Crippen molar-refractivity contribution in [2.45, 2.75) is 6.18 Å². The number of aliphatic carboxylic acids is 1. The average Bonchev–Trinajstić information content (AvgIpc) is 3.21. The number of amidine groups is 1. The Kier molecular flexibility index (Phi) is 6.19. The molecule has 0 aromatic heterocycles. The molecule has 11 heteroatoms. The van der Waals surface area contributed by atoms with Crippen LogP contribution in [0.3, 0.4) is 0 Å². The van der Waals surface area contributed by atoms with Crippen LogP contribution in [0.25, 0.3) is 10.8 Å². The molecule has 0 radical (unpaired) electrons. The predicted molar refractivity (Wildman–Crippen MR) is 109 cm³/mol. The number of carbonyl (C=O) groups excluding carboxylic acids is 1. The summed E-state index contributed by atoms with van der Waals surface area (Å²) < 4.78 is 42.3. The van der Waals surface area contributed by atoms with Gasteiger partial charge in [0.1, 0.15) is 5.84 Å². The Hall–Kier alpha value is -4.28. The number of halogens is 3. The summed E-state index contributed by atoms with van der Waals surface area (Å²) in [6, 6.07) is 16.1. The van der Waals surface area contributed by atoms with Gasteiger partial charge in [-0.1, -0.05) is 24.3 Å². The number of carboxylic acid groups (broad SMARTS) is 1. The van der Waals surface area contributed by atoms with Gasteiger partial charge in [0, 0.05) is 22.2 Å². The largest absolute Gasteiger partial charge is 0.490 e. The first-order chi connectivity index (χ1) is 15.1. The van der Waals surface area contributed by atoms with Gasteiger partial charge in [0.05, 0.1) is 0 Å². The van der Waals surface area contributed by atoms with Gasteiger partial charge in [0.15, 0.2) is 11.5 Å². The summed E-state index contributed by atoms with van der Waals surface area (Å²) in [5, 5.41) is 19.4. The third-order valence-corrected chi connectivity index (χ3v) is 4.32. The smallest absolute Gasteiger partial charge is 0.475 e. The molecule has 0 atom stereocenters. The molecule has 0 bridgehead atoms. The number of hydrogen-bond donors (Lipinski definition) is 4. The van der Waals surface area contributed by atoms with Crippen LogP contribution in [-0.2, 0) is 4.79 Å². The topological polar surface area (TPSA) is 135 Å². The van der Waals surface area contributed by atoms with E-state index < -0.39 is 12.1 Å². The van der Waals surface area contributed by atoms with Crippen LogP contribution in [0.15, 0.2) is 54.6 Å². The normalized spacial score (nSPS) is 12.0. The Morgan fingerprint density at radius 1 is 1.00 bits per heavy atom. The number of anilines is 1. The van der Waals surface area contributed by atoms with Gasteiger partial charge >= 0.3 is 12.1 Å². The second-order valence-electron chi connectivity index (χ2n) is 6.48. The third-order valence-electron chi connectivity index (χ3n) is 4.32. The molecule has 1 aliphatic rings. The molecule has 166 valence electrons. The van der Waals surface area contributed by atoms with Crippen molar-refractivity contribution in [3.8, 4) is 11.5 Å². The Balaban J connectivity index is 0.000000360. The van der Waals surface area contributed by atoms with Gasteiger partial charge in [0.25, 0.3) is 5.91 Å². The number of rotatable bonds is 3. The maximum atomic E-state index is 12.6. The van der Waals surface area contributed by atoms with Gasteiger partial charge in [-0.25, -0.2) is 4.79 Å². The molecule has 1 heterocycles. The molecular formula is C21H16F3N3O5. The predicted octanol–water partition coefficient (Wildman–Crippen LogP) is 3.74. The maximum absolute atomic E-state index is 12.6. The van der Waals surface area contributed by atoms with Crippen molar-refractivity contribution in [3.63, 3.8) is 0 Å². The van der Waals surface area contributed by atoms with E-state index in [-0.39, 0.29) is 18.5 Å². The molecule has 3 aromatic carbocycles. The fourth-order valence-electron chi connectivity index (χ4n) is 2.78. The van der Waals surface area contributed by atoms with Crippen molar-refractivity contribution < 1.29 is 37.3 Å². The Bertz CT molecular complexity index is 1210. The fraction of sp³-hybridized carbons (Fsp3) is 0.0952. The molecular weight excluding hydrogens is 431 g/mol. The maximum Gasteiger partial charge on any atom is 0.490 e. The van der Waals surface area contributed by atoms with Gasteiger partial charge in [-0.3, -0.25) is 10.2 Å². The van der Waals surface area contributed by atoms with Crippen molar-refractivity contribution in [1.29, 1.82) is 5.41 Å². The van der Waals surface area contributed by atoms with E-state index in [1.807, 2.05) is 24.3 Å². The number of nitrogen functional groups attached to an aromatic ring is 1. The lowest BCUT2D eigenvalue weighted by atomic mass is 10.0. The fourth-order valence-corrected chi connectivity index (χ4v) is 2.78. The highest BCUT2D eigenvalue weighted by Gasteiger charge is 2.38. The monoisotopic (exact) mass is 447 g/mol. The number of ether oxygens (including phenoxy) is 2. The number of hydrogen-bond acceptors (Lipinski definition) is 5. The zero-order chi connectivity index (χ0) is 23.5.